The zero-order valence-electron chi connectivity index (χ0n) is 14.9. The molecule has 7 heteroatoms. The van der Waals surface area contributed by atoms with Crippen LogP contribution >= 0.6 is 0 Å². The summed E-state index contributed by atoms with van der Waals surface area (Å²) < 4.78 is 3.26. The molecule has 0 spiro atoms. The zero-order chi connectivity index (χ0) is 17.9. The fraction of sp³-hybridized carbons (Fsp3) is 0.474. The van der Waals surface area contributed by atoms with Crippen LogP contribution in [0.3, 0.4) is 0 Å². The molecule has 26 heavy (non-hydrogen) atoms. The van der Waals surface area contributed by atoms with Crippen LogP contribution in [0.4, 0.5) is 0 Å². The van der Waals surface area contributed by atoms with E-state index in [0.29, 0.717) is 13.0 Å². The zero-order valence-corrected chi connectivity index (χ0v) is 14.9. The number of β-amino-alcohol motifs (C(OH)–C–C–N with tert-alkyl or cyclic N) is 1. The average Bonchev–Trinajstić information content (AvgIpc) is 2.84. The Balaban J connectivity index is 1.42. The number of rotatable bonds is 5. The highest BCUT2D eigenvalue weighted by molar-refractivity contribution is 5.65. The Morgan fingerprint density at radius 3 is 2.50 bits per heavy atom. The van der Waals surface area contributed by atoms with Gasteiger partial charge in [0.15, 0.2) is 0 Å². The van der Waals surface area contributed by atoms with E-state index < -0.39 is 0 Å². The molecule has 138 valence electrons. The van der Waals surface area contributed by atoms with E-state index in [9.17, 15) is 4.79 Å². The Kier molecular flexibility index (Phi) is 5.01. The van der Waals surface area contributed by atoms with Crippen LogP contribution in [0.1, 0.15) is 17.0 Å². The average molecular weight is 355 g/mol. The first-order valence-corrected chi connectivity index (χ1v) is 9.24. The normalized spacial score (nSPS) is 17.7. The highest BCUT2D eigenvalue weighted by Crippen LogP contribution is 2.18. The van der Waals surface area contributed by atoms with E-state index in [1.54, 1.807) is 9.25 Å². The van der Waals surface area contributed by atoms with E-state index in [0.717, 1.165) is 50.7 Å². The fourth-order valence-corrected chi connectivity index (χ4v) is 3.68. The summed E-state index contributed by atoms with van der Waals surface area (Å²) in [7, 11) is 0. The van der Waals surface area contributed by atoms with Crippen molar-refractivity contribution in [3.8, 4) is 0 Å². The number of aliphatic hydroxyl groups excluding tert-OH is 1. The number of piperazine rings is 1. The second-order valence-corrected chi connectivity index (χ2v) is 6.89. The Labute approximate surface area is 152 Å². The predicted molar refractivity (Wildman–Crippen MR) is 101 cm³/mol. The quantitative estimate of drug-likeness (QED) is 0.708. The molecular formula is C19H25N5O2. The fourth-order valence-electron chi connectivity index (χ4n) is 3.68. The first-order valence-electron chi connectivity index (χ1n) is 9.24. The maximum atomic E-state index is 12.7. The Hall–Kier alpha value is -2.22. The third-order valence-electron chi connectivity index (χ3n) is 5.26. The predicted octanol–water partition coefficient (Wildman–Crippen LogP) is 0.187. The lowest BCUT2D eigenvalue weighted by Crippen LogP contribution is -2.48. The number of nitrogens with zero attached hydrogens (tertiary/aromatic N) is 5. The summed E-state index contributed by atoms with van der Waals surface area (Å²) in [5, 5.41) is 13.6. The van der Waals surface area contributed by atoms with E-state index in [-0.39, 0.29) is 12.3 Å². The summed E-state index contributed by atoms with van der Waals surface area (Å²) in [6.07, 6.45) is 4.49. The van der Waals surface area contributed by atoms with Crippen molar-refractivity contribution in [2.24, 2.45) is 0 Å². The first kappa shape index (κ1) is 17.2. The number of hydrogen-bond acceptors (Lipinski definition) is 5. The van der Waals surface area contributed by atoms with Crippen molar-refractivity contribution in [3.63, 3.8) is 0 Å². The molecule has 1 saturated heterocycles. The van der Waals surface area contributed by atoms with Crippen molar-refractivity contribution in [2.45, 2.75) is 13.0 Å². The minimum Gasteiger partial charge on any atom is -0.395 e. The van der Waals surface area contributed by atoms with E-state index in [1.807, 2.05) is 24.4 Å². The van der Waals surface area contributed by atoms with Crippen LogP contribution in [-0.2, 0) is 13.0 Å². The number of aliphatic hydroxyl groups is 1. The monoisotopic (exact) mass is 355 g/mol. The maximum Gasteiger partial charge on any atom is 0.350 e. The molecule has 0 amide bonds. The molecule has 2 aliphatic rings. The van der Waals surface area contributed by atoms with Crippen LogP contribution in [0.2, 0.25) is 0 Å². The van der Waals surface area contributed by atoms with Gasteiger partial charge in [-0.3, -0.25) is 14.4 Å². The molecule has 7 nitrogen and oxygen atoms in total. The Morgan fingerprint density at radius 2 is 1.73 bits per heavy atom. The van der Waals surface area contributed by atoms with Gasteiger partial charge in [-0.1, -0.05) is 24.3 Å². The molecule has 1 fully saturated rings. The summed E-state index contributed by atoms with van der Waals surface area (Å²) in [6, 6.07) is 8.18. The number of hydrogen-bond donors (Lipinski definition) is 1. The van der Waals surface area contributed by atoms with Crippen molar-refractivity contribution in [1.29, 1.82) is 0 Å². The van der Waals surface area contributed by atoms with Gasteiger partial charge in [-0.25, -0.2) is 9.48 Å². The number of fused-ring (bicyclic) bond motifs is 2. The van der Waals surface area contributed by atoms with Crippen molar-refractivity contribution >= 4 is 12.3 Å². The van der Waals surface area contributed by atoms with E-state index in [2.05, 4.69) is 27.0 Å². The first-order chi connectivity index (χ1) is 12.7. The highest BCUT2D eigenvalue weighted by atomic mass is 16.3. The SMILES string of the molecule is O=c1n(CCN2CCN(CCO)CC2)nc2n1C=Cc1ccccc1C2. The molecule has 0 saturated carbocycles. The van der Waals surface area contributed by atoms with Crippen LogP contribution in [0.25, 0.3) is 12.3 Å². The second kappa shape index (κ2) is 7.57. The van der Waals surface area contributed by atoms with Crippen LogP contribution in [0, 0.1) is 0 Å². The summed E-state index contributed by atoms with van der Waals surface area (Å²) in [5.74, 6) is 0.795. The lowest BCUT2D eigenvalue weighted by atomic mass is 10.1. The van der Waals surface area contributed by atoms with Gasteiger partial charge in [-0.15, -0.1) is 0 Å². The van der Waals surface area contributed by atoms with Gasteiger partial charge < -0.3 is 5.11 Å². The molecular weight excluding hydrogens is 330 g/mol. The Morgan fingerprint density at radius 1 is 1.00 bits per heavy atom. The van der Waals surface area contributed by atoms with Gasteiger partial charge in [0.1, 0.15) is 5.82 Å². The summed E-state index contributed by atoms with van der Waals surface area (Å²) in [4.78, 5) is 17.3. The van der Waals surface area contributed by atoms with Gasteiger partial charge in [0.25, 0.3) is 0 Å². The molecule has 2 aliphatic heterocycles. The van der Waals surface area contributed by atoms with Crippen LogP contribution < -0.4 is 5.69 Å². The van der Waals surface area contributed by atoms with Crippen LogP contribution in [-0.4, -0.2) is 75.1 Å². The Bertz CT molecular complexity index is 846. The molecule has 0 atom stereocenters. The van der Waals surface area contributed by atoms with Crippen LogP contribution in [0.5, 0.6) is 0 Å². The second-order valence-electron chi connectivity index (χ2n) is 6.89. The molecule has 0 aliphatic carbocycles. The van der Waals surface area contributed by atoms with Gasteiger partial charge in [-0.05, 0) is 17.2 Å². The third kappa shape index (κ3) is 3.51. The van der Waals surface area contributed by atoms with Crippen molar-refractivity contribution in [3.05, 3.63) is 51.7 Å². The number of aromatic nitrogens is 3. The van der Waals surface area contributed by atoms with Gasteiger partial charge >= 0.3 is 5.69 Å². The molecule has 1 aromatic heterocycles. The molecule has 0 unspecified atom stereocenters. The maximum absolute atomic E-state index is 12.7. The van der Waals surface area contributed by atoms with Gasteiger partial charge in [0, 0.05) is 51.9 Å². The molecule has 0 bridgehead atoms. The molecule has 1 aromatic carbocycles. The standard InChI is InChI=1S/C19H25N5O2/c25-14-13-22-9-7-21(8-10-22)11-12-24-19(26)23-6-5-16-3-1-2-4-17(16)15-18(23)20-24/h1-6,25H,7-15H2. The van der Waals surface area contributed by atoms with Gasteiger partial charge in [0.05, 0.1) is 13.2 Å². The van der Waals surface area contributed by atoms with Crippen molar-refractivity contribution in [1.82, 2.24) is 24.1 Å². The largest absolute Gasteiger partial charge is 0.395 e. The molecule has 1 N–H and O–H groups in total. The lowest BCUT2D eigenvalue weighted by molar-refractivity contribution is 0.109. The van der Waals surface area contributed by atoms with Crippen molar-refractivity contribution < 1.29 is 5.11 Å². The van der Waals surface area contributed by atoms with E-state index >= 15 is 0 Å². The van der Waals surface area contributed by atoms with Gasteiger partial charge in [-0.2, -0.15) is 5.10 Å². The highest BCUT2D eigenvalue weighted by Gasteiger charge is 2.19. The smallest absolute Gasteiger partial charge is 0.350 e. The molecule has 3 heterocycles. The van der Waals surface area contributed by atoms with Gasteiger partial charge in [0.2, 0.25) is 0 Å². The molecule has 0 radical (unpaired) electrons. The summed E-state index contributed by atoms with van der Waals surface area (Å²) >= 11 is 0. The molecule has 2 aromatic rings. The van der Waals surface area contributed by atoms with E-state index in [4.69, 9.17) is 5.11 Å². The summed E-state index contributed by atoms with van der Waals surface area (Å²) in [5.41, 5.74) is 2.27. The summed E-state index contributed by atoms with van der Waals surface area (Å²) in [6.45, 7) is 6.26. The lowest BCUT2D eigenvalue weighted by Gasteiger charge is -2.34. The third-order valence-corrected chi connectivity index (χ3v) is 5.26. The van der Waals surface area contributed by atoms with Crippen molar-refractivity contribution in [2.75, 3.05) is 45.9 Å². The minimum absolute atomic E-state index is 0.0667. The van der Waals surface area contributed by atoms with E-state index in [1.165, 1.54) is 5.56 Å². The number of benzene rings is 1. The topological polar surface area (TPSA) is 66.5 Å². The van der Waals surface area contributed by atoms with Crippen LogP contribution in [0.15, 0.2) is 29.1 Å². The molecule has 4 rings (SSSR count). The minimum atomic E-state index is -0.0667.